The summed E-state index contributed by atoms with van der Waals surface area (Å²) in [5, 5.41) is 11.9. The first-order valence-corrected chi connectivity index (χ1v) is 7.10. The molecule has 0 aliphatic heterocycles. The van der Waals surface area contributed by atoms with Crippen molar-refractivity contribution in [3.8, 4) is 0 Å². The zero-order valence-corrected chi connectivity index (χ0v) is 12.4. The van der Waals surface area contributed by atoms with Crippen LogP contribution in [0, 0.1) is 0 Å². The van der Waals surface area contributed by atoms with Gasteiger partial charge >= 0.3 is 0 Å². The van der Waals surface area contributed by atoms with E-state index >= 15 is 0 Å². The van der Waals surface area contributed by atoms with E-state index in [1.165, 1.54) is 0 Å². The van der Waals surface area contributed by atoms with E-state index in [0.717, 1.165) is 10.7 Å². The smallest absolute Gasteiger partial charge is 0.228 e. The van der Waals surface area contributed by atoms with E-state index in [0.29, 0.717) is 19.5 Å². The molecule has 1 amide bonds. The number of aliphatic hydroxyl groups is 1. The average molecular weight is 270 g/mol. The maximum atomic E-state index is 12.0. The van der Waals surface area contributed by atoms with Crippen LogP contribution in [-0.4, -0.2) is 40.6 Å². The van der Waals surface area contributed by atoms with Gasteiger partial charge in [0.05, 0.1) is 23.7 Å². The highest BCUT2D eigenvalue weighted by atomic mass is 32.1. The molecule has 0 saturated heterocycles. The number of amides is 1. The van der Waals surface area contributed by atoms with Gasteiger partial charge in [0.25, 0.3) is 0 Å². The van der Waals surface area contributed by atoms with Crippen LogP contribution >= 0.6 is 11.3 Å². The zero-order chi connectivity index (χ0) is 13.8. The maximum absolute atomic E-state index is 12.0. The van der Waals surface area contributed by atoms with Crippen LogP contribution in [0.5, 0.6) is 0 Å². The summed E-state index contributed by atoms with van der Waals surface area (Å²) >= 11 is 1.60. The first-order valence-electron chi connectivity index (χ1n) is 6.22. The van der Waals surface area contributed by atoms with Crippen molar-refractivity contribution < 1.29 is 9.90 Å². The molecule has 0 atom stereocenters. The molecular weight excluding hydrogens is 248 g/mol. The predicted octanol–water partition coefficient (Wildman–Crippen LogP) is 1.82. The molecule has 1 aromatic rings. The summed E-state index contributed by atoms with van der Waals surface area (Å²) in [6.07, 6.45) is 0.320. The standard InChI is InChI=1S/C13H22N2O2S/c1-5-15(6-7-16)11(17)8-10-9-18-12(14-10)13(2,3)4/h9,16H,5-8H2,1-4H3. The van der Waals surface area contributed by atoms with Gasteiger partial charge in [0, 0.05) is 23.9 Å². The van der Waals surface area contributed by atoms with Gasteiger partial charge in [0.2, 0.25) is 5.91 Å². The summed E-state index contributed by atoms with van der Waals surface area (Å²) in [4.78, 5) is 18.1. The molecule has 0 aliphatic rings. The lowest BCUT2D eigenvalue weighted by molar-refractivity contribution is -0.130. The van der Waals surface area contributed by atoms with Crippen molar-refractivity contribution in [1.82, 2.24) is 9.88 Å². The molecular formula is C13H22N2O2S. The van der Waals surface area contributed by atoms with Crippen LogP contribution in [0.15, 0.2) is 5.38 Å². The lowest BCUT2D eigenvalue weighted by atomic mass is 9.98. The molecule has 18 heavy (non-hydrogen) atoms. The number of rotatable bonds is 5. The molecule has 0 aromatic carbocycles. The van der Waals surface area contributed by atoms with E-state index in [9.17, 15) is 4.79 Å². The number of hydrogen-bond acceptors (Lipinski definition) is 4. The van der Waals surface area contributed by atoms with Gasteiger partial charge < -0.3 is 10.0 Å². The molecule has 1 heterocycles. The number of aliphatic hydroxyl groups excluding tert-OH is 1. The highest BCUT2D eigenvalue weighted by molar-refractivity contribution is 7.09. The number of hydrogen-bond donors (Lipinski definition) is 1. The zero-order valence-electron chi connectivity index (χ0n) is 11.6. The van der Waals surface area contributed by atoms with Gasteiger partial charge in [0.15, 0.2) is 0 Å². The second-order valence-electron chi connectivity index (χ2n) is 5.27. The van der Waals surface area contributed by atoms with E-state index in [-0.39, 0.29) is 17.9 Å². The Bertz CT molecular complexity index is 396. The molecule has 5 heteroatoms. The molecule has 0 bridgehead atoms. The van der Waals surface area contributed by atoms with Crippen molar-refractivity contribution in [1.29, 1.82) is 0 Å². The summed E-state index contributed by atoms with van der Waals surface area (Å²) < 4.78 is 0. The highest BCUT2D eigenvalue weighted by Gasteiger charge is 2.19. The Hall–Kier alpha value is -0.940. The van der Waals surface area contributed by atoms with Crippen LogP contribution in [0.2, 0.25) is 0 Å². The molecule has 1 aromatic heterocycles. The van der Waals surface area contributed by atoms with Gasteiger partial charge in [-0.2, -0.15) is 0 Å². The number of thiazole rings is 1. The molecule has 0 saturated carbocycles. The van der Waals surface area contributed by atoms with Crippen molar-refractivity contribution in [2.24, 2.45) is 0 Å². The summed E-state index contributed by atoms with van der Waals surface area (Å²) in [7, 11) is 0. The Morgan fingerprint density at radius 1 is 1.50 bits per heavy atom. The quantitative estimate of drug-likeness (QED) is 0.888. The van der Waals surface area contributed by atoms with E-state index in [1.54, 1.807) is 16.2 Å². The second-order valence-corrected chi connectivity index (χ2v) is 6.13. The van der Waals surface area contributed by atoms with Crippen LogP contribution in [-0.2, 0) is 16.6 Å². The van der Waals surface area contributed by atoms with Crippen molar-refractivity contribution in [3.63, 3.8) is 0 Å². The van der Waals surface area contributed by atoms with Crippen molar-refractivity contribution in [3.05, 3.63) is 16.1 Å². The molecule has 0 radical (unpaired) electrons. The molecule has 4 nitrogen and oxygen atoms in total. The van der Waals surface area contributed by atoms with Crippen LogP contribution < -0.4 is 0 Å². The number of carbonyl (C=O) groups is 1. The number of likely N-dealkylation sites (N-methyl/N-ethyl adjacent to an activating group) is 1. The van der Waals surface area contributed by atoms with Gasteiger partial charge in [-0.3, -0.25) is 4.79 Å². The summed E-state index contributed by atoms with van der Waals surface area (Å²) in [5.41, 5.74) is 0.855. The Morgan fingerprint density at radius 2 is 2.17 bits per heavy atom. The molecule has 0 fully saturated rings. The molecule has 0 aliphatic carbocycles. The molecule has 0 unspecified atom stereocenters. The van der Waals surface area contributed by atoms with E-state index < -0.39 is 0 Å². The fourth-order valence-electron chi connectivity index (χ4n) is 1.58. The van der Waals surface area contributed by atoms with Crippen LogP contribution in [0.1, 0.15) is 38.4 Å². The maximum Gasteiger partial charge on any atom is 0.228 e. The third kappa shape index (κ3) is 4.07. The number of carbonyl (C=O) groups excluding carboxylic acids is 1. The summed E-state index contributed by atoms with van der Waals surface area (Å²) in [6, 6.07) is 0. The highest BCUT2D eigenvalue weighted by Crippen LogP contribution is 2.25. The fraction of sp³-hybridized carbons (Fsp3) is 0.692. The average Bonchev–Trinajstić information content (AvgIpc) is 2.73. The first kappa shape index (κ1) is 15.1. The van der Waals surface area contributed by atoms with E-state index in [2.05, 4.69) is 25.8 Å². The van der Waals surface area contributed by atoms with E-state index in [1.807, 2.05) is 12.3 Å². The first-order chi connectivity index (χ1) is 8.38. The van der Waals surface area contributed by atoms with Gasteiger partial charge in [-0.1, -0.05) is 20.8 Å². The summed E-state index contributed by atoms with van der Waals surface area (Å²) in [5.74, 6) is 0.0253. The Kier molecular flexibility index (Phi) is 5.28. The topological polar surface area (TPSA) is 53.4 Å². The van der Waals surface area contributed by atoms with E-state index in [4.69, 9.17) is 5.11 Å². The molecule has 0 spiro atoms. The predicted molar refractivity (Wildman–Crippen MR) is 73.9 cm³/mol. The van der Waals surface area contributed by atoms with Gasteiger partial charge in [-0.15, -0.1) is 11.3 Å². The Labute approximate surface area is 113 Å². The third-order valence-electron chi connectivity index (χ3n) is 2.63. The van der Waals surface area contributed by atoms with Gasteiger partial charge in [-0.05, 0) is 6.92 Å². The third-order valence-corrected chi connectivity index (χ3v) is 3.95. The SMILES string of the molecule is CCN(CCO)C(=O)Cc1csc(C(C)(C)C)n1. The second kappa shape index (κ2) is 6.29. The molecule has 1 rings (SSSR count). The van der Waals surface area contributed by atoms with Crippen LogP contribution in [0.25, 0.3) is 0 Å². The summed E-state index contributed by atoms with van der Waals surface area (Å²) in [6.45, 7) is 9.27. The monoisotopic (exact) mass is 270 g/mol. The fourth-order valence-corrected chi connectivity index (χ4v) is 2.49. The normalized spacial score (nSPS) is 11.6. The molecule has 1 N–H and O–H groups in total. The minimum Gasteiger partial charge on any atom is -0.395 e. The van der Waals surface area contributed by atoms with Crippen molar-refractivity contribution in [2.45, 2.75) is 39.5 Å². The Morgan fingerprint density at radius 3 is 2.61 bits per heavy atom. The van der Waals surface area contributed by atoms with Crippen LogP contribution in [0.4, 0.5) is 0 Å². The molecule has 102 valence electrons. The van der Waals surface area contributed by atoms with Crippen molar-refractivity contribution >= 4 is 17.2 Å². The largest absolute Gasteiger partial charge is 0.395 e. The van der Waals surface area contributed by atoms with Gasteiger partial charge in [-0.25, -0.2) is 4.98 Å². The number of aromatic nitrogens is 1. The lowest BCUT2D eigenvalue weighted by Gasteiger charge is -2.19. The minimum atomic E-state index is 0.00386. The minimum absolute atomic E-state index is 0.00386. The lowest BCUT2D eigenvalue weighted by Crippen LogP contribution is -2.34. The number of nitrogens with zero attached hydrogens (tertiary/aromatic N) is 2. The van der Waals surface area contributed by atoms with Gasteiger partial charge in [0.1, 0.15) is 0 Å². The van der Waals surface area contributed by atoms with Crippen molar-refractivity contribution in [2.75, 3.05) is 19.7 Å². The Balaban J connectivity index is 2.67. The van der Waals surface area contributed by atoms with Crippen LogP contribution in [0.3, 0.4) is 0 Å².